The highest BCUT2D eigenvalue weighted by atomic mass is 35.6. The Labute approximate surface area is 310 Å². The first-order chi connectivity index (χ1) is 21.9. The van der Waals surface area contributed by atoms with Gasteiger partial charge in [-0.1, -0.05) is 72.0 Å². The Morgan fingerprint density at radius 3 is 1.14 bits per heavy atom. The summed E-state index contributed by atoms with van der Waals surface area (Å²) in [5.41, 5.74) is -11.0. The van der Waals surface area contributed by atoms with E-state index < -0.39 is 47.0 Å². The van der Waals surface area contributed by atoms with Crippen molar-refractivity contribution < 1.29 is 64.0 Å². The summed E-state index contributed by atoms with van der Waals surface area (Å²) in [6.07, 6.45) is 19.5. The molecule has 0 radical (unpaired) electrons. The maximum absolute atomic E-state index is 11.7. The van der Waals surface area contributed by atoms with Gasteiger partial charge in [0.25, 0.3) is 0 Å². The van der Waals surface area contributed by atoms with Crippen LogP contribution in [0.2, 0.25) is 39.3 Å². The molecule has 0 unspecified atom stereocenters. The van der Waals surface area contributed by atoms with Gasteiger partial charge in [0, 0.05) is 52.0 Å². The molecule has 0 saturated heterocycles. The number of hydrogen-bond donors (Lipinski definition) is 0. The van der Waals surface area contributed by atoms with E-state index in [-0.39, 0.29) is 12.4 Å². The Morgan fingerprint density at radius 1 is 0.680 bits per heavy atom. The van der Waals surface area contributed by atoms with Gasteiger partial charge >= 0.3 is 21.1 Å². The average Bonchev–Trinajstić information content (AvgIpc) is 3.49. The van der Waals surface area contributed by atoms with Crippen LogP contribution in [-0.4, -0.2) is 108 Å². The van der Waals surface area contributed by atoms with Crippen molar-refractivity contribution in [2.24, 2.45) is 0 Å². The molecule has 2 aliphatic heterocycles. The van der Waals surface area contributed by atoms with Crippen LogP contribution in [0.3, 0.4) is 0 Å². The largest absolute Gasteiger partial charge is 1.00 e. The van der Waals surface area contributed by atoms with Crippen molar-refractivity contribution in [3.05, 3.63) is 24.8 Å². The second kappa shape index (κ2) is 26.0. The van der Waals surface area contributed by atoms with Gasteiger partial charge in [0.2, 0.25) is 8.32 Å². The lowest BCUT2D eigenvalue weighted by Crippen LogP contribution is -3.00. The Morgan fingerprint density at radius 2 is 0.980 bits per heavy atom. The molecule has 22 heteroatoms. The molecule has 2 aliphatic rings. The summed E-state index contributed by atoms with van der Waals surface area (Å²) >= 11 is 5.67. The first-order valence-corrected chi connectivity index (χ1v) is 26.6. The van der Waals surface area contributed by atoms with Gasteiger partial charge in [0.05, 0.1) is 13.3 Å². The number of nitrogens with zero attached hydrogens (tertiary/aromatic N) is 4. The quantitative estimate of drug-likeness (QED) is 0.0642. The van der Waals surface area contributed by atoms with Gasteiger partial charge in [-0.25, -0.2) is 8.42 Å². The molecular formula is C28H58Cl2F6N4O6S2Si2-2. The number of rotatable bonds is 12. The van der Waals surface area contributed by atoms with E-state index in [2.05, 4.69) is 95.9 Å². The van der Waals surface area contributed by atoms with E-state index in [9.17, 15) is 34.8 Å². The highest BCUT2D eigenvalue weighted by Crippen LogP contribution is 2.27. The fraction of sp³-hybridized carbons (Fsp3) is 0.857. The van der Waals surface area contributed by atoms with E-state index in [0.717, 1.165) is 13.3 Å². The number of unbranched alkanes of at least 4 members (excludes halogenated alkanes) is 6. The van der Waals surface area contributed by atoms with Crippen molar-refractivity contribution in [2.45, 2.75) is 116 Å². The summed E-state index contributed by atoms with van der Waals surface area (Å²) in [5, 5.41) is 0. The number of alkyl halides is 6. The maximum atomic E-state index is 11.7. The van der Waals surface area contributed by atoms with Gasteiger partial charge in [-0.05, 0) is 32.5 Å². The zero-order valence-electron chi connectivity index (χ0n) is 30.9. The summed E-state index contributed by atoms with van der Waals surface area (Å²) in [7, 11) is -11.1. The predicted octanol–water partition coefficient (Wildman–Crippen LogP) is 5.29. The van der Waals surface area contributed by atoms with Crippen molar-refractivity contribution >= 4 is 47.0 Å². The second-order valence-corrected chi connectivity index (χ2v) is 28.4. The Bertz CT molecular complexity index is 1120. The van der Waals surface area contributed by atoms with Gasteiger partial charge < -0.3 is 40.4 Å². The SMILES string of the molecule is CCCCCCN1C=CN(C)C1.CCCCCCN1C=CN(C)C1.C[Si](C)(C)Cl.C[Si](C)(C)OS(=O)(=O)C(F)(F)F.O=S(=O)([O-])C(F)(F)F.[Cl-]. The van der Waals surface area contributed by atoms with Crippen LogP contribution in [0, 0.1) is 0 Å². The molecule has 0 aliphatic carbocycles. The van der Waals surface area contributed by atoms with Crippen molar-refractivity contribution in [1.29, 1.82) is 0 Å². The lowest BCUT2D eigenvalue weighted by atomic mass is 10.2. The molecule has 0 fully saturated rings. The van der Waals surface area contributed by atoms with Crippen LogP contribution in [0.4, 0.5) is 26.3 Å². The van der Waals surface area contributed by atoms with Gasteiger partial charge in [-0.2, -0.15) is 45.8 Å². The van der Waals surface area contributed by atoms with E-state index in [1.807, 2.05) is 0 Å². The third kappa shape index (κ3) is 35.5. The van der Waals surface area contributed by atoms with E-state index in [4.69, 9.17) is 24.0 Å². The van der Waals surface area contributed by atoms with Crippen LogP contribution in [0.1, 0.15) is 65.2 Å². The molecule has 0 spiro atoms. The van der Waals surface area contributed by atoms with Crippen molar-refractivity contribution in [1.82, 2.24) is 19.6 Å². The van der Waals surface area contributed by atoms with Gasteiger partial charge in [-0.15, -0.1) is 0 Å². The zero-order chi connectivity index (χ0) is 39.3. The Balaban J connectivity index is -0.000000271. The third-order valence-corrected chi connectivity index (χ3v) is 9.41. The summed E-state index contributed by atoms with van der Waals surface area (Å²) in [6, 6.07) is 0. The second-order valence-electron chi connectivity index (χ2n) is 13.2. The molecule has 2 heterocycles. The summed E-state index contributed by atoms with van der Waals surface area (Å²) in [4.78, 5) is 9.16. The minimum Gasteiger partial charge on any atom is -1.00 e. The molecule has 0 amide bonds. The fourth-order valence-corrected chi connectivity index (χ4v) is 6.34. The lowest BCUT2D eigenvalue weighted by molar-refractivity contribution is -0.0519. The highest BCUT2D eigenvalue weighted by Gasteiger charge is 2.49. The highest BCUT2D eigenvalue weighted by molar-refractivity contribution is 7.88. The van der Waals surface area contributed by atoms with Gasteiger partial charge in [0.15, 0.2) is 10.1 Å². The first-order valence-electron chi connectivity index (χ1n) is 15.8. The molecule has 304 valence electrons. The number of hydrogen-bond acceptors (Lipinski definition) is 10. The standard InChI is InChI=1S/2C10H20N2.C4H9F3O3SSi.C3H9ClSi.CHF3O3S.ClH/c2*1-3-4-5-6-7-12-9-8-11(2)10-12;1-12(2,3)10-11(8,9)4(5,6)7;1-5(2,3)4;2-1(3,4)8(5,6)7;/h2*8-9H,3-7,10H2,1-2H3;1-3H3;1-3H3;(H,5,6,7);1H/p-2. The van der Waals surface area contributed by atoms with Gasteiger partial charge in [-0.3, -0.25) is 0 Å². The van der Waals surface area contributed by atoms with E-state index in [1.165, 1.54) is 84.1 Å². The van der Waals surface area contributed by atoms with Crippen LogP contribution in [0.5, 0.6) is 0 Å². The predicted molar refractivity (Wildman–Crippen MR) is 190 cm³/mol. The molecule has 10 nitrogen and oxygen atoms in total. The van der Waals surface area contributed by atoms with Crippen molar-refractivity contribution in [3.63, 3.8) is 0 Å². The zero-order valence-corrected chi connectivity index (χ0v) is 36.0. The minimum atomic E-state index is -6.09. The maximum Gasteiger partial charge on any atom is 0.522 e. The first kappa shape index (κ1) is 55.8. The van der Waals surface area contributed by atoms with Crippen LogP contribution in [0.25, 0.3) is 0 Å². The van der Waals surface area contributed by atoms with Crippen molar-refractivity contribution in [2.75, 3.05) is 40.5 Å². The van der Waals surface area contributed by atoms with Crippen LogP contribution in [0.15, 0.2) is 24.8 Å². The van der Waals surface area contributed by atoms with E-state index in [1.54, 1.807) is 0 Å². The molecule has 0 aromatic heterocycles. The Hall–Kier alpha value is -0.906. The van der Waals surface area contributed by atoms with Crippen LogP contribution >= 0.6 is 11.1 Å². The van der Waals surface area contributed by atoms with Crippen LogP contribution < -0.4 is 12.4 Å². The Kier molecular flexibility index (Phi) is 29.0. The summed E-state index contributed by atoms with van der Waals surface area (Å²) < 4.78 is 119. The van der Waals surface area contributed by atoms with Gasteiger partial charge in [0.1, 0.15) is 7.38 Å². The molecule has 0 aromatic carbocycles. The third-order valence-electron chi connectivity index (χ3n) is 5.40. The summed E-state index contributed by atoms with van der Waals surface area (Å²) in [6.45, 7) is 19.5. The number of halogens is 8. The van der Waals surface area contributed by atoms with E-state index >= 15 is 0 Å². The lowest BCUT2D eigenvalue weighted by Gasteiger charge is -2.17. The monoisotopic (exact) mass is 850 g/mol. The molecule has 50 heavy (non-hydrogen) atoms. The smallest absolute Gasteiger partial charge is 0.522 e. The summed E-state index contributed by atoms with van der Waals surface area (Å²) in [5.74, 6) is 0. The van der Waals surface area contributed by atoms with Crippen LogP contribution in [-0.2, 0) is 24.1 Å². The molecule has 0 N–H and O–H groups in total. The molecule has 0 bridgehead atoms. The molecule has 2 rings (SSSR count). The molecular weight excluding hydrogens is 794 g/mol. The topological polar surface area (TPSA) is 114 Å². The van der Waals surface area contributed by atoms with Crippen molar-refractivity contribution in [3.8, 4) is 0 Å². The van der Waals surface area contributed by atoms with E-state index in [0.29, 0.717) is 0 Å². The molecule has 0 aromatic rings. The molecule has 0 atom stereocenters. The minimum absolute atomic E-state index is 0. The molecule has 0 saturated carbocycles. The normalized spacial score (nSPS) is 14.8. The fourth-order valence-electron chi connectivity index (χ4n) is 3.33. The average molecular weight is 852 g/mol.